The standard InChI is InChI=1S/C42H73NO3/c1-8-9-10-11-12-13-14-15-16-20-39(44)43(7)30-40(45)46-34-25-27-41(5)33(29-34)21-22-35-37-24-23-36(32(4)19-17-18-31(2)3)42(37,6)28-26-38(35)41/h21,31-32,34-38H,8-20,22-30H2,1-7H3/t32-,34?,35?,36-,37?,38?,41+,42-/m1/s1. The third-order valence-corrected chi connectivity index (χ3v) is 13.8. The van der Waals surface area contributed by atoms with Gasteiger partial charge in [0.15, 0.2) is 0 Å². The van der Waals surface area contributed by atoms with Gasteiger partial charge in [-0.3, -0.25) is 9.59 Å². The lowest BCUT2D eigenvalue weighted by Crippen LogP contribution is -2.51. The second-order valence-corrected chi connectivity index (χ2v) is 17.5. The fraction of sp³-hybridized carbons (Fsp3) is 0.905. The van der Waals surface area contributed by atoms with Gasteiger partial charge in [0.05, 0.1) is 0 Å². The molecule has 0 aliphatic heterocycles. The van der Waals surface area contributed by atoms with E-state index in [0.717, 1.165) is 67.6 Å². The Morgan fingerprint density at radius 3 is 2.26 bits per heavy atom. The topological polar surface area (TPSA) is 46.6 Å². The Hall–Kier alpha value is -1.32. The van der Waals surface area contributed by atoms with Crippen LogP contribution >= 0.6 is 0 Å². The predicted octanol–water partition coefficient (Wildman–Crippen LogP) is 11.3. The molecule has 0 aromatic carbocycles. The van der Waals surface area contributed by atoms with Crippen LogP contribution in [0.25, 0.3) is 0 Å². The smallest absolute Gasteiger partial charge is 0.325 e. The summed E-state index contributed by atoms with van der Waals surface area (Å²) in [6.45, 7) is 14.9. The van der Waals surface area contributed by atoms with Crippen LogP contribution in [0, 0.1) is 46.3 Å². The first-order valence-electron chi connectivity index (χ1n) is 20.1. The van der Waals surface area contributed by atoms with Crippen LogP contribution in [0.5, 0.6) is 0 Å². The fourth-order valence-corrected chi connectivity index (χ4v) is 11.0. The normalized spacial score (nSPS) is 32.7. The fourth-order valence-electron chi connectivity index (χ4n) is 11.0. The molecule has 3 saturated carbocycles. The number of unbranched alkanes of at least 4 members (excludes halogenated alkanes) is 8. The summed E-state index contributed by atoms with van der Waals surface area (Å²) >= 11 is 0. The first-order valence-corrected chi connectivity index (χ1v) is 20.1. The van der Waals surface area contributed by atoms with E-state index in [4.69, 9.17) is 4.74 Å². The largest absolute Gasteiger partial charge is 0.461 e. The van der Waals surface area contributed by atoms with E-state index in [1.54, 1.807) is 17.5 Å². The van der Waals surface area contributed by atoms with Crippen LogP contribution in [0.2, 0.25) is 0 Å². The van der Waals surface area contributed by atoms with Gasteiger partial charge in [-0.2, -0.15) is 0 Å². The molecule has 4 unspecified atom stereocenters. The first kappa shape index (κ1) is 37.5. The first-order chi connectivity index (χ1) is 22.0. The molecule has 0 spiro atoms. The molecule has 3 fully saturated rings. The zero-order valence-corrected chi connectivity index (χ0v) is 31.3. The Morgan fingerprint density at radius 2 is 1.57 bits per heavy atom. The van der Waals surface area contributed by atoms with Crippen molar-refractivity contribution >= 4 is 11.9 Å². The summed E-state index contributed by atoms with van der Waals surface area (Å²) in [6, 6.07) is 0. The number of esters is 1. The third kappa shape index (κ3) is 9.22. The lowest BCUT2D eigenvalue weighted by Gasteiger charge is -2.58. The summed E-state index contributed by atoms with van der Waals surface area (Å²) < 4.78 is 6.04. The number of nitrogens with zero attached hydrogens (tertiary/aromatic N) is 1. The van der Waals surface area contributed by atoms with Crippen molar-refractivity contribution in [3.05, 3.63) is 11.6 Å². The van der Waals surface area contributed by atoms with Gasteiger partial charge in [-0.05, 0) is 97.7 Å². The summed E-state index contributed by atoms with van der Waals surface area (Å²) in [5.74, 6) is 4.88. The maximum Gasteiger partial charge on any atom is 0.325 e. The van der Waals surface area contributed by atoms with Gasteiger partial charge in [-0.25, -0.2) is 0 Å². The number of carbonyl (C=O) groups is 2. The highest BCUT2D eigenvalue weighted by Gasteiger charge is 2.59. The minimum atomic E-state index is -0.237. The molecule has 0 radical (unpaired) electrons. The van der Waals surface area contributed by atoms with Crippen LogP contribution in [-0.4, -0.2) is 36.5 Å². The van der Waals surface area contributed by atoms with Crippen LogP contribution in [0.15, 0.2) is 11.6 Å². The molecule has 8 atom stereocenters. The Balaban J connectivity index is 1.21. The van der Waals surface area contributed by atoms with E-state index < -0.39 is 0 Å². The monoisotopic (exact) mass is 640 g/mol. The van der Waals surface area contributed by atoms with E-state index in [9.17, 15) is 9.59 Å². The van der Waals surface area contributed by atoms with Crippen LogP contribution in [0.3, 0.4) is 0 Å². The van der Waals surface area contributed by atoms with Gasteiger partial charge in [-0.1, -0.05) is 124 Å². The number of ether oxygens (including phenoxy) is 1. The number of carbonyl (C=O) groups excluding carboxylic acids is 2. The summed E-state index contributed by atoms with van der Waals surface area (Å²) in [7, 11) is 1.76. The zero-order chi connectivity index (χ0) is 33.3. The van der Waals surface area contributed by atoms with Gasteiger partial charge in [0.25, 0.3) is 0 Å². The summed E-state index contributed by atoms with van der Waals surface area (Å²) in [5.41, 5.74) is 2.34. The van der Waals surface area contributed by atoms with Gasteiger partial charge in [0.1, 0.15) is 12.6 Å². The van der Waals surface area contributed by atoms with Gasteiger partial charge in [-0.15, -0.1) is 0 Å². The number of rotatable bonds is 18. The minimum absolute atomic E-state index is 0.0411. The van der Waals surface area contributed by atoms with E-state index >= 15 is 0 Å². The molecule has 0 aromatic rings. The Morgan fingerprint density at radius 1 is 0.870 bits per heavy atom. The second-order valence-electron chi connectivity index (χ2n) is 17.5. The number of fused-ring (bicyclic) bond motifs is 5. The lowest BCUT2D eigenvalue weighted by molar-refractivity contribution is -0.155. The predicted molar refractivity (Wildman–Crippen MR) is 192 cm³/mol. The number of allylic oxidation sites excluding steroid dienone is 1. The van der Waals surface area contributed by atoms with Crippen molar-refractivity contribution in [2.75, 3.05) is 13.6 Å². The van der Waals surface area contributed by atoms with Gasteiger partial charge in [0.2, 0.25) is 5.91 Å². The molecule has 4 aliphatic carbocycles. The highest BCUT2D eigenvalue weighted by atomic mass is 16.5. The highest BCUT2D eigenvalue weighted by molar-refractivity contribution is 5.81. The molecular formula is C42H73NO3. The quantitative estimate of drug-likeness (QED) is 0.0851. The van der Waals surface area contributed by atoms with Crippen molar-refractivity contribution in [1.82, 2.24) is 4.90 Å². The summed E-state index contributed by atoms with van der Waals surface area (Å²) in [5, 5.41) is 0. The molecule has 4 aliphatic rings. The molecule has 264 valence electrons. The van der Waals surface area contributed by atoms with E-state index in [1.807, 2.05) is 0 Å². The van der Waals surface area contributed by atoms with Gasteiger partial charge < -0.3 is 9.64 Å². The Bertz CT molecular complexity index is 1000. The SMILES string of the molecule is CCCCCCCCCCCC(=O)N(C)CC(=O)OC1CC[C@@]2(C)C(=CCC3C2CC[C@@]2(C)C3CC[C@@H]2[C@H](C)CCCC(C)C)C1. The van der Waals surface area contributed by atoms with Crippen LogP contribution < -0.4 is 0 Å². The maximum absolute atomic E-state index is 12.9. The number of amides is 1. The van der Waals surface area contributed by atoms with E-state index in [1.165, 1.54) is 96.3 Å². The Kier molecular flexibility index (Phi) is 14.2. The maximum atomic E-state index is 12.9. The van der Waals surface area contributed by atoms with Crippen LogP contribution in [0.1, 0.15) is 176 Å². The van der Waals surface area contributed by atoms with E-state index in [-0.39, 0.29) is 29.9 Å². The van der Waals surface area contributed by atoms with E-state index in [0.29, 0.717) is 11.8 Å². The molecule has 0 N–H and O–H groups in total. The van der Waals surface area contributed by atoms with Gasteiger partial charge >= 0.3 is 5.97 Å². The third-order valence-electron chi connectivity index (χ3n) is 13.8. The highest BCUT2D eigenvalue weighted by Crippen LogP contribution is 2.67. The molecule has 4 rings (SSSR count). The lowest BCUT2D eigenvalue weighted by atomic mass is 9.47. The van der Waals surface area contributed by atoms with Crippen molar-refractivity contribution in [2.45, 2.75) is 182 Å². The number of likely N-dealkylation sites (N-methyl/N-ethyl adjacent to an activating group) is 1. The molecule has 4 nitrogen and oxygen atoms in total. The minimum Gasteiger partial charge on any atom is -0.461 e. The zero-order valence-electron chi connectivity index (χ0n) is 31.3. The van der Waals surface area contributed by atoms with Gasteiger partial charge in [0, 0.05) is 19.9 Å². The molecule has 0 heterocycles. The average Bonchev–Trinajstić information content (AvgIpc) is 3.37. The summed E-state index contributed by atoms with van der Waals surface area (Å²) in [4.78, 5) is 27.2. The van der Waals surface area contributed by atoms with E-state index in [2.05, 4.69) is 47.6 Å². The molecule has 0 bridgehead atoms. The molecular weight excluding hydrogens is 566 g/mol. The van der Waals surface area contributed by atoms with Crippen molar-refractivity contribution in [3.8, 4) is 0 Å². The molecule has 0 saturated heterocycles. The average molecular weight is 640 g/mol. The van der Waals surface area contributed by atoms with Crippen LogP contribution in [0.4, 0.5) is 0 Å². The molecule has 1 amide bonds. The van der Waals surface area contributed by atoms with Crippen molar-refractivity contribution in [2.24, 2.45) is 46.3 Å². The summed E-state index contributed by atoms with van der Waals surface area (Å²) in [6.07, 6.45) is 28.3. The number of hydrogen-bond acceptors (Lipinski definition) is 3. The molecule has 46 heavy (non-hydrogen) atoms. The van der Waals surface area contributed by atoms with Crippen molar-refractivity contribution in [3.63, 3.8) is 0 Å². The van der Waals surface area contributed by atoms with Crippen molar-refractivity contribution < 1.29 is 14.3 Å². The Labute approximate surface area is 284 Å². The number of hydrogen-bond donors (Lipinski definition) is 0. The molecule has 4 heteroatoms. The van der Waals surface area contributed by atoms with Crippen LogP contribution in [-0.2, 0) is 14.3 Å². The van der Waals surface area contributed by atoms with Crippen molar-refractivity contribution in [1.29, 1.82) is 0 Å². The molecule has 0 aromatic heterocycles. The second kappa shape index (κ2) is 17.4.